The predicted molar refractivity (Wildman–Crippen MR) is 125 cm³/mol. The number of hydrogen-bond donors (Lipinski definition) is 1. The highest BCUT2D eigenvalue weighted by Crippen LogP contribution is 2.42. The fraction of sp³-hybridized carbons (Fsp3) is 0.280. The summed E-state index contributed by atoms with van der Waals surface area (Å²) in [6, 6.07) is 21.3. The zero-order valence-corrected chi connectivity index (χ0v) is 18.6. The molecular weight excluding hydrogens is 408 g/mol. The minimum Gasteiger partial charge on any atom is -0.317 e. The van der Waals surface area contributed by atoms with Gasteiger partial charge in [-0.15, -0.1) is 23.1 Å². The molecule has 1 aliphatic carbocycles. The lowest BCUT2D eigenvalue weighted by Gasteiger charge is -2.22. The number of amides is 1. The highest BCUT2D eigenvalue weighted by Gasteiger charge is 2.27. The molecule has 1 aromatic heterocycles. The van der Waals surface area contributed by atoms with Gasteiger partial charge in [-0.3, -0.25) is 4.79 Å². The van der Waals surface area contributed by atoms with Crippen molar-refractivity contribution in [3.8, 4) is 6.07 Å². The van der Waals surface area contributed by atoms with Gasteiger partial charge in [0.25, 0.3) is 0 Å². The van der Waals surface area contributed by atoms with Crippen LogP contribution in [0.1, 0.15) is 45.9 Å². The average Bonchev–Trinajstić information content (AvgIpc) is 3.11. The van der Waals surface area contributed by atoms with E-state index >= 15 is 0 Å². The molecule has 5 heteroatoms. The lowest BCUT2D eigenvalue weighted by atomic mass is 9.83. The summed E-state index contributed by atoms with van der Waals surface area (Å²) < 4.78 is 0. The van der Waals surface area contributed by atoms with Crippen LogP contribution in [0.4, 0.5) is 5.00 Å². The van der Waals surface area contributed by atoms with Crippen molar-refractivity contribution >= 4 is 34.0 Å². The van der Waals surface area contributed by atoms with E-state index in [1.165, 1.54) is 20.9 Å². The maximum atomic E-state index is 12.5. The van der Waals surface area contributed by atoms with Crippen LogP contribution in [-0.4, -0.2) is 11.7 Å². The van der Waals surface area contributed by atoms with Crippen molar-refractivity contribution in [2.75, 3.05) is 11.1 Å². The Balaban J connectivity index is 1.39. The van der Waals surface area contributed by atoms with E-state index in [0.29, 0.717) is 17.9 Å². The van der Waals surface area contributed by atoms with E-state index in [0.717, 1.165) is 35.6 Å². The number of nitrogens with one attached hydrogen (secondary N) is 1. The minimum absolute atomic E-state index is 0.0238. The van der Waals surface area contributed by atoms with Crippen molar-refractivity contribution in [1.29, 1.82) is 5.26 Å². The van der Waals surface area contributed by atoms with E-state index in [9.17, 15) is 10.1 Å². The topological polar surface area (TPSA) is 52.9 Å². The standard InChI is InChI=1S/C25H24N2OS2/c1-17-7-10-20(11-8-17)29-14-13-24(28)27-25-22(16-26)21-12-9-19(15-23(21)30-25)18-5-3-2-4-6-18/h2-8,10-11,19H,9,12-15H2,1H3,(H,27,28). The van der Waals surface area contributed by atoms with Gasteiger partial charge in [0.2, 0.25) is 5.91 Å². The number of benzene rings is 2. The number of carbonyl (C=O) groups excluding carboxylic acids is 1. The highest BCUT2D eigenvalue weighted by molar-refractivity contribution is 7.99. The van der Waals surface area contributed by atoms with E-state index in [4.69, 9.17) is 0 Å². The van der Waals surface area contributed by atoms with Crippen molar-refractivity contribution in [3.05, 3.63) is 81.7 Å². The Morgan fingerprint density at radius 2 is 1.97 bits per heavy atom. The number of rotatable bonds is 6. The zero-order chi connectivity index (χ0) is 20.9. The van der Waals surface area contributed by atoms with Gasteiger partial charge in [-0.2, -0.15) is 5.26 Å². The van der Waals surface area contributed by atoms with Crippen molar-refractivity contribution in [3.63, 3.8) is 0 Å². The summed E-state index contributed by atoms with van der Waals surface area (Å²) in [5.74, 6) is 1.18. The number of carbonyl (C=O) groups is 1. The molecule has 0 bridgehead atoms. The van der Waals surface area contributed by atoms with Gasteiger partial charge in [0.15, 0.2) is 0 Å². The maximum Gasteiger partial charge on any atom is 0.225 e. The Morgan fingerprint density at radius 3 is 2.70 bits per heavy atom. The number of hydrogen-bond acceptors (Lipinski definition) is 4. The van der Waals surface area contributed by atoms with Gasteiger partial charge in [0.05, 0.1) is 5.56 Å². The highest BCUT2D eigenvalue weighted by atomic mass is 32.2. The van der Waals surface area contributed by atoms with Crippen LogP contribution in [0, 0.1) is 18.3 Å². The number of nitrogens with zero attached hydrogens (tertiary/aromatic N) is 1. The molecule has 0 radical (unpaired) electrons. The first-order valence-corrected chi connectivity index (χ1v) is 12.0. The third-order valence-corrected chi connectivity index (χ3v) is 7.70. The molecule has 1 aliphatic rings. The molecule has 2 aromatic carbocycles. The number of anilines is 1. The molecule has 0 saturated carbocycles. The molecule has 1 unspecified atom stereocenters. The van der Waals surface area contributed by atoms with E-state index in [1.54, 1.807) is 23.1 Å². The Morgan fingerprint density at radius 1 is 1.20 bits per heavy atom. The van der Waals surface area contributed by atoms with Crippen molar-refractivity contribution in [2.24, 2.45) is 0 Å². The van der Waals surface area contributed by atoms with Gasteiger partial charge in [-0.1, -0.05) is 48.0 Å². The summed E-state index contributed by atoms with van der Waals surface area (Å²) in [5, 5.41) is 13.4. The monoisotopic (exact) mass is 432 g/mol. The molecule has 152 valence electrons. The van der Waals surface area contributed by atoms with Gasteiger partial charge in [0, 0.05) is 21.9 Å². The van der Waals surface area contributed by atoms with Crippen LogP contribution < -0.4 is 5.32 Å². The Hall–Kier alpha value is -2.55. The Bertz CT molecular complexity index is 1070. The smallest absolute Gasteiger partial charge is 0.225 e. The first kappa shape index (κ1) is 20.7. The van der Waals surface area contributed by atoms with E-state index < -0.39 is 0 Å². The maximum absolute atomic E-state index is 12.5. The molecule has 1 amide bonds. The van der Waals surface area contributed by atoms with Gasteiger partial charge in [-0.25, -0.2) is 0 Å². The van der Waals surface area contributed by atoms with Crippen LogP contribution >= 0.6 is 23.1 Å². The fourth-order valence-electron chi connectivity index (χ4n) is 3.89. The van der Waals surface area contributed by atoms with Gasteiger partial charge in [0.1, 0.15) is 11.1 Å². The molecule has 0 spiro atoms. The molecule has 30 heavy (non-hydrogen) atoms. The summed E-state index contributed by atoms with van der Waals surface area (Å²) in [5.41, 5.74) is 4.39. The molecular formula is C25H24N2OS2. The molecule has 0 saturated heterocycles. The normalized spacial score (nSPS) is 15.3. The van der Waals surface area contributed by atoms with Crippen LogP contribution in [0.5, 0.6) is 0 Å². The SMILES string of the molecule is Cc1ccc(SCCC(=O)Nc2sc3c(c2C#N)CCC(c2ccccc2)C3)cc1. The van der Waals surface area contributed by atoms with Crippen LogP contribution in [0.2, 0.25) is 0 Å². The van der Waals surface area contributed by atoms with Gasteiger partial charge >= 0.3 is 0 Å². The molecule has 1 heterocycles. The molecule has 1 N–H and O–H groups in total. The largest absolute Gasteiger partial charge is 0.317 e. The summed E-state index contributed by atoms with van der Waals surface area (Å²) in [4.78, 5) is 14.9. The molecule has 0 aliphatic heterocycles. The lowest BCUT2D eigenvalue weighted by Crippen LogP contribution is -2.12. The average molecular weight is 433 g/mol. The predicted octanol–water partition coefficient (Wildman–Crippen LogP) is 6.32. The van der Waals surface area contributed by atoms with Crippen LogP contribution in [0.25, 0.3) is 0 Å². The fourth-order valence-corrected chi connectivity index (χ4v) is 6.03. The molecule has 3 nitrogen and oxygen atoms in total. The Labute approximate surface area is 186 Å². The summed E-state index contributed by atoms with van der Waals surface area (Å²) >= 11 is 3.26. The van der Waals surface area contributed by atoms with Gasteiger partial charge < -0.3 is 5.32 Å². The number of fused-ring (bicyclic) bond motifs is 1. The van der Waals surface area contributed by atoms with Crippen molar-refractivity contribution < 1.29 is 4.79 Å². The molecule has 3 aromatic rings. The Kier molecular flexibility index (Phi) is 6.56. The molecule has 0 fully saturated rings. The number of aryl methyl sites for hydroxylation is 1. The van der Waals surface area contributed by atoms with E-state index in [1.807, 2.05) is 6.07 Å². The van der Waals surface area contributed by atoms with Crippen molar-refractivity contribution in [2.45, 2.75) is 43.4 Å². The van der Waals surface area contributed by atoms with Crippen LogP contribution in [0.3, 0.4) is 0 Å². The minimum atomic E-state index is -0.0238. The third-order valence-electron chi connectivity index (χ3n) is 5.52. The molecule has 4 rings (SSSR count). The second kappa shape index (κ2) is 9.51. The first-order valence-electron chi connectivity index (χ1n) is 10.2. The third kappa shape index (κ3) is 4.77. The quantitative estimate of drug-likeness (QED) is 0.464. The first-order chi connectivity index (χ1) is 14.6. The summed E-state index contributed by atoms with van der Waals surface area (Å²) in [7, 11) is 0. The lowest BCUT2D eigenvalue weighted by molar-refractivity contribution is -0.115. The number of nitriles is 1. The number of thioether (sulfide) groups is 1. The van der Waals surface area contributed by atoms with Crippen LogP contribution in [-0.2, 0) is 17.6 Å². The van der Waals surface area contributed by atoms with Crippen molar-refractivity contribution in [1.82, 2.24) is 0 Å². The second-order valence-corrected chi connectivity index (χ2v) is 9.90. The summed E-state index contributed by atoms with van der Waals surface area (Å²) in [6.45, 7) is 2.07. The van der Waals surface area contributed by atoms with E-state index in [2.05, 4.69) is 66.8 Å². The van der Waals surface area contributed by atoms with Crippen LogP contribution in [0.15, 0.2) is 59.5 Å². The summed E-state index contributed by atoms with van der Waals surface area (Å²) in [6.07, 6.45) is 3.31. The molecule has 1 atom stereocenters. The van der Waals surface area contributed by atoms with E-state index in [-0.39, 0.29) is 5.91 Å². The van der Waals surface area contributed by atoms with Gasteiger partial charge in [-0.05, 0) is 55.4 Å². The zero-order valence-electron chi connectivity index (χ0n) is 17.0. The second-order valence-electron chi connectivity index (χ2n) is 7.63. The number of thiophene rings is 1.